The van der Waals surface area contributed by atoms with E-state index < -0.39 is 6.10 Å². The highest BCUT2D eigenvalue weighted by molar-refractivity contribution is 4.68. The monoisotopic (exact) mass is 232 g/mol. The van der Waals surface area contributed by atoms with Crippen molar-refractivity contribution < 1.29 is 9.84 Å². The van der Waals surface area contributed by atoms with E-state index in [1.807, 2.05) is 6.92 Å². The molecule has 98 valence electrons. The fourth-order valence-corrected chi connectivity index (χ4v) is 1.58. The minimum atomic E-state index is -0.404. The molecule has 2 atom stereocenters. The first kappa shape index (κ1) is 15.8. The Labute approximate surface area is 100.0 Å². The lowest BCUT2D eigenvalue weighted by atomic mass is 10.2. The smallest absolute Gasteiger partial charge is 0.0897 e. The third-order valence-electron chi connectivity index (χ3n) is 2.64. The molecule has 0 saturated carbocycles. The number of nitrogens with zero attached hydrogens (tertiary/aromatic N) is 1. The van der Waals surface area contributed by atoms with Crippen molar-refractivity contribution in [2.24, 2.45) is 0 Å². The fraction of sp³-hybridized carbons (Fsp3) is 1.00. The molecule has 0 bridgehead atoms. The van der Waals surface area contributed by atoms with Gasteiger partial charge in [-0.25, -0.2) is 0 Å². The van der Waals surface area contributed by atoms with Crippen molar-refractivity contribution in [1.29, 1.82) is 0 Å². The van der Waals surface area contributed by atoms with Crippen LogP contribution in [0, 0.1) is 0 Å². The molecule has 0 saturated heterocycles. The molecule has 0 aliphatic rings. The molecule has 16 heavy (non-hydrogen) atoms. The van der Waals surface area contributed by atoms with Gasteiger partial charge in [-0.2, -0.15) is 0 Å². The molecule has 0 aliphatic carbocycles. The predicted molar refractivity (Wildman–Crippen MR) is 67.8 cm³/mol. The van der Waals surface area contributed by atoms with Gasteiger partial charge >= 0.3 is 0 Å². The van der Waals surface area contributed by atoms with Gasteiger partial charge < -0.3 is 20.1 Å². The number of nitrogens with one attached hydrogen (secondary N) is 1. The first-order valence-corrected chi connectivity index (χ1v) is 6.35. The summed E-state index contributed by atoms with van der Waals surface area (Å²) in [5.41, 5.74) is 0. The average molecular weight is 232 g/mol. The van der Waals surface area contributed by atoms with Crippen molar-refractivity contribution in [3.63, 3.8) is 0 Å². The SMILES string of the molecule is CCOCC(O)CNC(C)CN(CC)CC. The van der Waals surface area contributed by atoms with E-state index >= 15 is 0 Å². The van der Waals surface area contributed by atoms with Crippen LogP contribution in [0.25, 0.3) is 0 Å². The lowest BCUT2D eigenvalue weighted by Gasteiger charge is -2.24. The second-order valence-electron chi connectivity index (χ2n) is 4.11. The normalized spacial score (nSPS) is 15.4. The second-order valence-corrected chi connectivity index (χ2v) is 4.11. The number of aliphatic hydroxyl groups is 1. The topological polar surface area (TPSA) is 44.7 Å². The van der Waals surface area contributed by atoms with Crippen LogP contribution in [0.4, 0.5) is 0 Å². The number of aliphatic hydroxyl groups excluding tert-OH is 1. The first-order chi connectivity index (χ1) is 7.63. The molecule has 0 radical (unpaired) electrons. The molecule has 0 aromatic rings. The zero-order chi connectivity index (χ0) is 12.4. The van der Waals surface area contributed by atoms with Crippen molar-refractivity contribution in [2.75, 3.05) is 39.4 Å². The minimum Gasteiger partial charge on any atom is -0.389 e. The molecule has 0 aromatic heterocycles. The summed E-state index contributed by atoms with van der Waals surface area (Å²) < 4.78 is 5.15. The van der Waals surface area contributed by atoms with Crippen molar-refractivity contribution in [2.45, 2.75) is 39.8 Å². The van der Waals surface area contributed by atoms with Crippen molar-refractivity contribution in [3.05, 3.63) is 0 Å². The number of ether oxygens (including phenoxy) is 1. The Morgan fingerprint density at radius 1 is 1.25 bits per heavy atom. The maximum absolute atomic E-state index is 9.58. The van der Waals surface area contributed by atoms with E-state index in [-0.39, 0.29) is 0 Å². The Morgan fingerprint density at radius 2 is 1.88 bits per heavy atom. The molecular formula is C12H28N2O2. The summed E-state index contributed by atoms with van der Waals surface area (Å²) in [6.07, 6.45) is -0.404. The van der Waals surface area contributed by atoms with E-state index in [1.54, 1.807) is 0 Å². The molecule has 0 spiro atoms. The summed E-state index contributed by atoms with van der Waals surface area (Å²) in [4.78, 5) is 2.37. The highest BCUT2D eigenvalue weighted by Crippen LogP contribution is 1.92. The van der Waals surface area contributed by atoms with Gasteiger partial charge in [0.2, 0.25) is 0 Å². The van der Waals surface area contributed by atoms with Gasteiger partial charge in [-0.1, -0.05) is 13.8 Å². The average Bonchev–Trinajstić information content (AvgIpc) is 2.30. The largest absolute Gasteiger partial charge is 0.389 e. The van der Waals surface area contributed by atoms with Crippen molar-refractivity contribution in [3.8, 4) is 0 Å². The summed E-state index contributed by atoms with van der Waals surface area (Å²) in [6.45, 7) is 13.3. The minimum absolute atomic E-state index is 0.399. The van der Waals surface area contributed by atoms with Crippen LogP contribution in [0.1, 0.15) is 27.7 Å². The number of hydrogen-bond donors (Lipinski definition) is 2. The Balaban J connectivity index is 3.59. The van der Waals surface area contributed by atoms with Gasteiger partial charge in [0.25, 0.3) is 0 Å². The van der Waals surface area contributed by atoms with Gasteiger partial charge in [0.15, 0.2) is 0 Å². The quantitative estimate of drug-likeness (QED) is 0.582. The summed E-state index contributed by atoms with van der Waals surface area (Å²) in [5, 5.41) is 12.9. The van der Waals surface area contributed by atoms with Crippen molar-refractivity contribution >= 4 is 0 Å². The highest BCUT2D eigenvalue weighted by Gasteiger charge is 2.09. The molecule has 4 heteroatoms. The van der Waals surface area contributed by atoms with E-state index in [9.17, 15) is 5.11 Å². The van der Waals surface area contributed by atoms with Gasteiger partial charge in [-0.15, -0.1) is 0 Å². The number of hydrogen-bond acceptors (Lipinski definition) is 4. The fourth-order valence-electron chi connectivity index (χ4n) is 1.58. The molecule has 0 heterocycles. The standard InChI is InChI=1S/C12H28N2O2/c1-5-14(6-2)9-11(4)13-8-12(15)10-16-7-3/h11-13,15H,5-10H2,1-4H3. The van der Waals surface area contributed by atoms with Crippen LogP contribution in [0.2, 0.25) is 0 Å². The molecule has 4 nitrogen and oxygen atoms in total. The van der Waals surface area contributed by atoms with Gasteiger partial charge in [0.05, 0.1) is 12.7 Å². The summed E-state index contributed by atoms with van der Waals surface area (Å²) in [6, 6.07) is 0.399. The van der Waals surface area contributed by atoms with Crippen LogP contribution in [-0.2, 0) is 4.74 Å². The van der Waals surface area contributed by atoms with Crippen LogP contribution in [-0.4, -0.2) is 61.5 Å². The molecule has 0 aliphatic heterocycles. The van der Waals surface area contributed by atoms with Gasteiger partial charge in [0.1, 0.15) is 0 Å². The maximum Gasteiger partial charge on any atom is 0.0897 e. The molecule has 2 N–H and O–H groups in total. The summed E-state index contributed by atoms with van der Waals surface area (Å²) >= 11 is 0. The Bertz CT molecular complexity index is 152. The number of likely N-dealkylation sites (N-methyl/N-ethyl adjacent to an activating group) is 1. The molecule has 2 unspecified atom stereocenters. The molecule has 0 fully saturated rings. The lowest BCUT2D eigenvalue weighted by molar-refractivity contribution is 0.0410. The predicted octanol–water partition coefficient (Wildman–Crippen LogP) is 0.704. The van der Waals surface area contributed by atoms with Crippen LogP contribution in [0.5, 0.6) is 0 Å². The second kappa shape index (κ2) is 10.0. The molecular weight excluding hydrogens is 204 g/mol. The Hall–Kier alpha value is -0.160. The molecule has 0 amide bonds. The van der Waals surface area contributed by atoms with Crippen molar-refractivity contribution in [1.82, 2.24) is 10.2 Å². The maximum atomic E-state index is 9.58. The van der Waals surface area contributed by atoms with E-state index in [0.717, 1.165) is 19.6 Å². The third-order valence-corrected chi connectivity index (χ3v) is 2.64. The van der Waals surface area contributed by atoms with Crippen LogP contribution < -0.4 is 5.32 Å². The Morgan fingerprint density at radius 3 is 2.38 bits per heavy atom. The van der Waals surface area contributed by atoms with E-state index in [4.69, 9.17) is 4.74 Å². The summed E-state index contributed by atoms with van der Waals surface area (Å²) in [7, 11) is 0. The zero-order valence-electron chi connectivity index (χ0n) is 11.2. The molecule has 0 rings (SSSR count). The highest BCUT2D eigenvalue weighted by atomic mass is 16.5. The first-order valence-electron chi connectivity index (χ1n) is 6.35. The van der Waals surface area contributed by atoms with E-state index in [1.165, 1.54) is 0 Å². The lowest BCUT2D eigenvalue weighted by Crippen LogP contribution is -2.42. The van der Waals surface area contributed by atoms with Gasteiger partial charge in [0, 0.05) is 25.7 Å². The molecule has 0 aromatic carbocycles. The van der Waals surface area contributed by atoms with E-state index in [0.29, 0.717) is 25.8 Å². The zero-order valence-corrected chi connectivity index (χ0v) is 11.2. The third kappa shape index (κ3) is 8.05. The Kier molecular flexibility index (Phi) is 9.92. The van der Waals surface area contributed by atoms with Gasteiger partial charge in [-0.3, -0.25) is 0 Å². The van der Waals surface area contributed by atoms with Crippen LogP contribution in [0.3, 0.4) is 0 Å². The number of rotatable bonds is 10. The van der Waals surface area contributed by atoms with Crippen LogP contribution >= 0.6 is 0 Å². The van der Waals surface area contributed by atoms with E-state index in [2.05, 4.69) is 31.0 Å². The van der Waals surface area contributed by atoms with Crippen LogP contribution in [0.15, 0.2) is 0 Å². The summed E-state index contributed by atoms with van der Waals surface area (Å²) in [5.74, 6) is 0. The van der Waals surface area contributed by atoms with Gasteiger partial charge in [-0.05, 0) is 26.9 Å².